The fourth-order valence-corrected chi connectivity index (χ4v) is 1.40. The van der Waals surface area contributed by atoms with Crippen LogP contribution >= 0.6 is 0 Å². The molecule has 42 valence electrons. The van der Waals surface area contributed by atoms with Crippen LogP contribution in [0.2, 0.25) is 0 Å². The summed E-state index contributed by atoms with van der Waals surface area (Å²) < 4.78 is 19.9. The molecule has 1 aliphatic rings. The van der Waals surface area contributed by atoms with Crippen LogP contribution in [0.5, 0.6) is 0 Å². The van der Waals surface area contributed by atoms with E-state index in [4.69, 9.17) is 0 Å². The molecule has 1 fully saturated rings. The Morgan fingerprint density at radius 1 is 1.75 bits per heavy atom. The van der Waals surface area contributed by atoms with Crippen LogP contribution in [-0.2, 0) is 11.1 Å². The van der Waals surface area contributed by atoms with E-state index in [0.717, 1.165) is 6.42 Å². The first-order chi connectivity index (χ1) is 3.22. The van der Waals surface area contributed by atoms with Crippen molar-refractivity contribution < 1.29 is 38.3 Å². The summed E-state index contributed by atoms with van der Waals surface area (Å²) in [5.41, 5.74) is 0. The Hall–Kier alpha value is 1.11. The molecule has 0 spiro atoms. The Bertz CT molecular complexity index is 106. The SMILES string of the molecule is CC1CC1S(=O)[O-].[Na+]. The van der Waals surface area contributed by atoms with Crippen LogP contribution in [0.1, 0.15) is 13.3 Å². The Labute approximate surface area is 73.6 Å². The minimum atomic E-state index is -1.79. The van der Waals surface area contributed by atoms with Gasteiger partial charge in [-0.1, -0.05) is 18.0 Å². The molecule has 8 heavy (non-hydrogen) atoms. The molecule has 0 heterocycles. The average Bonchev–Trinajstić information content (AvgIpc) is 2.17. The smallest absolute Gasteiger partial charge is 0.772 e. The van der Waals surface area contributed by atoms with Crippen LogP contribution in [0.15, 0.2) is 0 Å². The molecule has 0 radical (unpaired) electrons. The van der Waals surface area contributed by atoms with Gasteiger partial charge in [0.25, 0.3) is 0 Å². The van der Waals surface area contributed by atoms with Gasteiger partial charge in [0.2, 0.25) is 0 Å². The molecule has 0 N–H and O–H groups in total. The maximum atomic E-state index is 9.97. The van der Waals surface area contributed by atoms with Crippen LogP contribution in [0.25, 0.3) is 0 Å². The standard InChI is InChI=1S/C4H8O2S.Na/c1-3-2-4(3)7(5)6;/h3-4H,2H2,1H3,(H,5,6);/q;+1/p-1. The molecule has 3 atom stereocenters. The molecule has 1 rings (SSSR count). The minimum absolute atomic E-state index is 0. The van der Waals surface area contributed by atoms with Crippen LogP contribution in [0.4, 0.5) is 0 Å². The van der Waals surface area contributed by atoms with Gasteiger partial charge in [-0.05, 0) is 12.3 Å². The summed E-state index contributed by atoms with van der Waals surface area (Å²) >= 11 is -1.79. The van der Waals surface area contributed by atoms with E-state index >= 15 is 0 Å². The topological polar surface area (TPSA) is 40.1 Å². The van der Waals surface area contributed by atoms with Crippen molar-refractivity contribution in [3.63, 3.8) is 0 Å². The molecule has 0 aromatic rings. The molecular formula is C4H7NaO2S. The van der Waals surface area contributed by atoms with Crippen molar-refractivity contribution in [1.82, 2.24) is 0 Å². The third-order valence-corrected chi connectivity index (χ3v) is 2.43. The quantitative estimate of drug-likeness (QED) is 0.295. The Morgan fingerprint density at radius 3 is 2.12 bits per heavy atom. The van der Waals surface area contributed by atoms with E-state index in [2.05, 4.69) is 0 Å². The summed E-state index contributed by atoms with van der Waals surface area (Å²) in [5.74, 6) is 0.429. The van der Waals surface area contributed by atoms with Gasteiger partial charge in [-0.15, -0.1) is 0 Å². The first kappa shape index (κ1) is 9.11. The van der Waals surface area contributed by atoms with Gasteiger partial charge < -0.3 is 4.55 Å². The van der Waals surface area contributed by atoms with E-state index in [1.165, 1.54) is 0 Å². The Kier molecular flexibility index (Phi) is 3.78. The fraction of sp³-hybridized carbons (Fsp3) is 1.00. The summed E-state index contributed by atoms with van der Waals surface area (Å²) in [6.45, 7) is 1.94. The minimum Gasteiger partial charge on any atom is -0.772 e. The maximum absolute atomic E-state index is 9.97. The van der Waals surface area contributed by atoms with Gasteiger partial charge in [0.1, 0.15) is 0 Å². The largest absolute Gasteiger partial charge is 1.00 e. The summed E-state index contributed by atoms with van der Waals surface area (Å²) in [4.78, 5) is 0. The summed E-state index contributed by atoms with van der Waals surface area (Å²) in [5, 5.41) is -0.0139. The number of hydrogen-bond acceptors (Lipinski definition) is 2. The van der Waals surface area contributed by atoms with Crippen LogP contribution in [0.3, 0.4) is 0 Å². The summed E-state index contributed by atoms with van der Waals surface area (Å²) in [6.07, 6.45) is 0.871. The van der Waals surface area contributed by atoms with Gasteiger partial charge in [0.05, 0.1) is 0 Å². The second-order valence-corrected chi connectivity index (χ2v) is 3.14. The number of hydrogen-bond donors (Lipinski definition) is 0. The van der Waals surface area contributed by atoms with Gasteiger partial charge in [0.15, 0.2) is 0 Å². The van der Waals surface area contributed by atoms with Gasteiger partial charge in [-0.25, -0.2) is 0 Å². The van der Waals surface area contributed by atoms with Crippen molar-refractivity contribution in [2.24, 2.45) is 5.92 Å². The molecule has 0 saturated heterocycles. The van der Waals surface area contributed by atoms with Gasteiger partial charge >= 0.3 is 29.6 Å². The van der Waals surface area contributed by atoms with Crippen molar-refractivity contribution >= 4 is 11.1 Å². The third kappa shape index (κ3) is 2.15. The predicted octanol–water partition coefficient (Wildman–Crippen LogP) is -2.72. The van der Waals surface area contributed by atoms with E-state index < -0.39 is 11.1 Å². The second kappa shape index (κ2) is 3.32. The molecule has 0 amide bonds. The summed E-state index contributed by atoms with van der Waals surface area (Å²) in [6, 6.07) is 0. The first-order valence-corrected chi connectivity index (χ1v) is 3.43. The Balaban J connectivity index is 0.000000490. The molecule has 0 aromatic carbocycles. The molecule has 2 nitrogen and oxygen atoms in total. The van der Waals surface area contributed by atoms with Crippen LogP contribution in [-0.4, -0.2) is 14.0 Å². The van der Waals surface area contributed by atoms with Crippen molar-refractivity contribution in [3.8, 4) is 0 Å². The van der Waals surface area contributed by atoms with E-state index in [9.17, 15) is 8.76 Å². The van der Waals surface area contributed by atoms with E-state index in [0.29, 0.717) is 5.92 Å². The first-order valence-electron chi connectivity index (χ1n) is 2.30. The zero-order valence-electron chi connectivity index (χ0n) is 5.09. The zero-order chi connectivity index (χ0) is 5.44. The van der Waals surface area contributed by atoms with Gasteiger partial charge in [-0.2, -0.15) is 0 Å². The molecular weight excluding hydrogens is 135 g/mol. The van der Waals surface area contributed by atoms with E-state index in [1.54, 1.807) is 0 Å². The monoisotopic (exact) mass is 142 g/mol. The molecule has 1 aliphatic carbocycles. The van der Waals surface area contributed by atoms with Gasteiger partial charge in [0, 0.05) is 5.25 Å². The van der Waals surface area contributed by atoms with Crippen molar-refractivity contribution in [2.75, 3.05) is 0 Å². The normalized spacial score (nSPS) is 37.8. The fourth-order valence-electron chi connectivity index (χ4n) is 0.556. The Morgan fingerprint density at radius 2 is 2.12 bits per heavy atom. The summed E-state index contributed by atoms with van der Waals surface area (Å²) in [7, 11) is 0. The maximum Gasteiger partial charge on any atom is 1.00 e. The van der Waals surface area contributed by atoms with E-state index in [-0.39, 0.29) is 34.8 Å². The predicted molar refractivity (Wildman–Crippen MR) is 26.5 cm³/mol. The van der Waals surface area contributed by atoms with Crippen LogP contribution < -0.4 is 29.6 Å². The van der Waals surface area contributed by atoms with Crippen molar-refractivity contribution in [2.45, 2.75) is 18.6 Å². The van der Waals surface area contributed by atoms with Gasteiger partial charge in [-0.3, -0.25) is 4.21 Å². The second-order valence-electron chi connectivity index (χ2n) is 2.01. The van der Waals surface area contributed by atoms with E-state index in [1.807, 2.05) is 6.92 Å². The zero-order valence-corrected chi connectivity index (χ0v) is 7.90. The molecule has 0 aromatic heterocycles. The molecule has 4 heteroatoms. The average molecular weight is 142 g/mol. The molecule has 3 unspecified atom stereocenters. The molecule has 0 bridgehead atoms. The van der Waals surface area contributed by atoms with Crippen LogP contribution in [0, 0.1) is 5.92 Å². The van der Waals surface area contributed by atoms with Crippen molar-refractivity contribution in [3.05, 3.63) is 0 Å². The molecule has 1 saturated carbocycles. The third-order valence-electron chi connectivity index (χ3n) is 1.28. The molecule has 0 aliphatic heterocycles. The number of rotatable bonds is 1. The van der Waals surface area contributed by atoms with Crippen molar-refractivity contribution in [1.29, 1.82) is 0 Å².